The van der Waals surface area contributed by atoms with Gasteiger partial charge in [0.05, 0.1) is 17.7 Å². The lowest BCUT2D eigenvalue weighted by atomic mass is 9.75. The topological polar surface area (TPSA) is 56.8 Å². The molecule has 0 N–H and O–H groups in total. The number of nitrogens with zero attached hydrogens (tertiary/aromatic N) is 2. The highest BCUT2D eigenvalue weighted by atomic mass is 16.5. The summed E-state index contributed by atoms with van der Waals surface area (Å²) in [7, 11) is 0. The van der Waals surface area contributed by atoms with Gasteiger partial charge >= 0.3 is 0 Å². The molecule has 3 nitrogen and oxygen atoms in total. The smallest absolute Gasteiger partial charge is 0.119 e. The van der Waals surface area contributed by atoms with E-state index in [1.165, 1.54) is 64.2 Å². The highest BCUT2D eigenvalue weighted by molar-refractivity contribution is 5.75. The average Bonchev–Trinajstić information content (AvgIpc) is 2.90. The third kappa shape index (κ3) is 7.60. The van der Waals surface area contributed by atoms with Crippen LogP contribution in [0.4, 0.5) is 0 Å². The summed E-state index contributed by atoms with van der Waals surface area (Å²) < 4.78 is 5.90. The number of hydrogen-bond acceptors (Lipinski definition) is 3. The Morgan fingerprint density at radius 2 is 1.40 bits per heavy atom. The molecule has 0 amide bonds. The van der Waals surface area contributed by atoms with Gasteiger partial charge in [-0.2, -0.15) is 10.5 Å². The molecular formula is C32H42N2O. The molecule has 1 saturated carbocycles. The summed E-state index contributed by atoms with van der Waals surface area (Å²) in [5, 5.41) is 20.0. The molecule has 0 bridgehead atoms. The van der Waals surface area contributed by atoms with Crippen molar-refractivity contribution in [3.05, 3.63) is 53.1 Å². The van der Waals surface area contributed by atoms with Crippen LogP contribution in [0.25, 0.3) is 11.1 Å². The lowest BCUT2D eigenvalue weighted by molar-refractivity contribution is 0.302. The Morgan fingerprint density at radius 1 is 0.743 bits per heavy atom. The van der Waals surface area contributed by atoms with Crippen molar-refractivity contribution in [1.29, 1.82) is 10.5 Å². The normalized spacial score (nSPS) is 17.5. The Balaban J connectivity index is 1.67. The van der Waals surface area contributed by atoms with Gasteiger partial charge in [0.1, 0.15) is 17.9 Å². The number of hydrogen-bond donors (Lipinski definition) is 0. The van der Waals surface area contributed by atoms with Crippen LogP contribution in [0.15, 0.2) is 36.4 Å². The van der Waals surface area contributed by atoms with Crippen LogP contribution in [-0.4, -0.2) is 6.61 Å². The molecule has 0 aliphatic heterocycles. The third-order valence-electron chi connectivity index (χ3n) is 7.65. The van der Waals surface area contributed by atoms with E-state index < -0.39 is 0 Å². The van der Waals surface area contributed by atoms with E-state index in [0.717, 1.165) is 54.2 Å². The lowest BCUT2D eigenvalue weighted by Gasteiger charge is -2.29. The maximum atomic E-state index is 10.0. The monoisotopic (exact) mass is 470 g/mol. The Bertz CT molecular complexity index is 988. The van der Waals surface area contributed by atoms with E-state index in [4.69, 9.17) is 4.74 Å². The van der Waals surface area contributed by atoms with E-state index in [1.54, 1.807) is 0 Å². The van der Waals surface area contributed by atoms with Crippen molar-refractivity contribution in [1.82, 2.24) is 0 Å². The Kier molecular flexibility index (Phi) is 11.2. The van der Waals surface area contributed by atoms with Crippen LogP contribution in [0.5, 0.6) is 5.75 Å². The first-order valence-corrected chi connectivity index (χ1v) is 13.9. The van der Waals surface area contributed by atoms with Crippen LogP contribution in [0.3, 0.4) is 0 Å². The van der Waals surface area contributed by atoms with Crippen LogP contribution in [0.1, 0.15) is 120 Å². The minimum Gasteiger partial charge on any atom is -0.494 e. The molecule has 3 heteroatoms. The summed E-state index contributed by atoms with van der Waals surface area (Å²) in [5.74, 6) is 2.08. The molecule has 186 valence electrons. The van der Waals surface area contributed by atoms with Gasteiger partial charge in [0, 0.05) is 5.56 Å². The summed E-state index contributed by atoms with van der Waals surface area (Å²) in [6, 6.07) is 16.9. The van der Waals surface area contributed by atoms with Gasteiger partial charge in [0.15, 0.2) is 0 Å². The number of ether oxygens (including phenoxy) is 1. The van der Waals surface area contributed by atoms with Crippen molar-refractivity contribution >= 4 is 0 Å². The quantitative estimate of drug-likeness (QED) is 0.274. The fourth-order valence-corrected chi connectivity index (χ4v) is 5.51. The number of nitriles is 2. The van der Waals surface area contributed by atoms with Gasteiger partial charge in [-0.25, -0.2) is 0 Å². The second-order valence-corrected chi connectivity index (χ2v) is 10.2. The first-order valence-electron chi connectivity index (χ1n) is 13.9. The van der Waals surface area contributed by atoms with Crippen LogP contribution >= 0.6 is 0 Å². The minimum atomic E-state index is 0.390. The maximum absolute atomic E-state index is 10.0. The van der Waals surface area contributed by atoms with E-state index in [2.05, 4.69) is 32.1 Å². The molecule has 1 fully saturated rings. The zero-order chi connectivity index (χ0) is 24.9. The minimum absolute atomic E-state index is 0.390. The lowest BCUT2D eigenvalue weighted by Crippen LogP contribution is -2.15. The number of benzene rings is 2. The van der Waals surface area contributed by atoms with E-state index in [1.807, 2.05) is 30.3 Å². The zero-order valence-corrected chi connectivity index (χ0v) is 21.8. The third-order valence-corrected chi connectivity index (χ3v) is 7.65. The van der Waals surface area contributed by atoms with Crippen molar-refractivity contribution in [3.8, 4) is 29.0 Å². The molecule has 35 heavy (non-hydrogen) atoms. The van der Waals surface area contributed by atoms with Gasteiger partial charge in [-0.05, 0) is 67.2 Å². The summed E-state index contributed by atoms with van der Waals surface area (Å²) in [6.45, 7) is 5.22. The van der Waals surface area contributed by atoms with Crippen molar-refractivity contribution < 1.29 is 4.74 Å². The van der Waals surface area contributed by atoms with Gasteiger partial charge in [-0.15, -0.1) is 0 Å². The second kappa shape index (κ2) is 14.6. The molecule has 0 atom stereocenters. The SMILES string of the molecule is CCCCCCCOc1ccc(-c2ccc([C@H]3CC[C@H](CCCCC)CC3)c(C#N)c2C#N)cc1. The Hall–Kier alpha value is -2.78. The van der Waals surface area contributed by atoms with Crippen molar-refractivity contribution in [2.45, 2.75) is 103 Å². The van der Waals surface area contributed by atoms with Crippen molar-refractivity contribution in [3.63, 3.8) is 0 Å². The Morgan fingerprint density at radius 3 is 2.06 bits per heavy atom. The van der Waals surface area contributed by atoms with Gasteiger partial charge in [-0.3, -0.25) is 0 Å². The van der Waals surface area contributed by atoms with E-state index in [-0.39, 0.29) is 0 Å². The predicted molar refractivity (Wildman–Crippen MR) is 144 cm³/mol. The first kappa shape index (κ1) is 26.8. The summed E-state index contributed by atoms with van der Waals surface area (Å²) in [4.78, 5) is 0. The maximum Gasteiger partial charge on any atom is 0.119 e. The fraction of sp³-hybridized carbons (Fsp3) is 0.562. The van der Waals surface area contributed by atoms with Crippen LogP contribution in [0, 0.1) is 28.6 Å². The zero-order valence-electron chi connectivity index (χ0n) is 21.8. The van der Waals surface area contributed by atoms with Gasteiger partial charge in [0.25, 0.3) is 0 Å². The van der Waals surface area contributed by atoms with Crippen molar-refractivity contribution in [2.24, 2.45) is 5.92 Å². The molecule has 0 unspecified atom stereocenters. The summed E-state index contributed by atoms with van der Waals surface area (Å²) >= 11 is 0. The summed E-state index contributed by atoms with van der Waals surface area (Å²) in [5.41, 5.74) is 3.96. The highest BCUT2D eigenvalue weighted by Crippen LogP contribution is 2.41. The van der Waals surface area contributed by atoms with E-state index in [0.29, 0.717) is 17.0 Å². The molecular weight excluding hydrogens is 428 g/mol. The van der Waals surface area contributed by atoms with Crippen LogP contribution in [0.2, 0.25) is 0 Å². The molecule has 0 saturated heterocycles. The van der Waals surface area contributed by atoms with E-state index in [9.17, 15) is 10.5 Å². The fourth-order valence-electron chi connectivity index (χ4n) is 5.51. The standard InChI is InChI=1S/C32H42N2O/c1-3-5-7-8-10-22-35-28-18-16-27(17-19-28)30-21-20-29(31(23-33)32(30)24-34)26-14-12-25(13-15-26)11-9-6-4-2/h16-21,25-26H,3-15,22H2,1-2H3/t25-,26-. The largest absolute Gasteiger partial charge is 0.494 e. The van der Waals surface area contributed by atoms with Gasteiger partial charge < -0.3 is 4.74 Å². The van der Waals surface area contributed by atoms with Crippen molar-refractivity contribution in [2.75, 3.05) is 6.61 Å². The number of rotatable bonds is 13. The van der Waals surface area contributed by atoms with Crippen LogP contribution < -0.4 is 4.74 Å². The average molecular weight is 471 g/mol. The molecule has 0 spiro atoms. The molecule has 2 aromatic rings. The summed E-state index contributed by atoms with van der Waals surface area (Å²) in [6.07, 6.45) is 16.1. The second-order valence-electron chi connectivity index (χ2n) is 10.2. The first-order chi connectivity index (χ1) is 17.2. The predicted octanol–water partition coefficient (Wildman–Crippen LogP) is 9.30. The molecule has 1 aliphatic carbocycles. The van der Waals surface area contributed by atoms with Crippen LogP contribution in [-0.2, 0) is 0 Å². The molecule has 0 radical (unpaired) electrons. The molecule has 2 aromatic carbocycles. The highest BCUT2D eigenvalue weighted by Gasteiger charge is 2.26. The molecule has 0 aromatic heterocycles. The van der Waals surface area contributed by atoms with Gasteiger partial charge in [0.2, 0.25) is 0 Å². The molecule has 0 heterocycles. The Labute approximate surface area is 213 Å². The number of unbranched alkanes of at least 4 members (excludes halogenated alkanes) is 6. The van der Waals surface area contributed by atoms with E-state index >= 15 is 0 Å². The van der Waals surface area contributed by atoms with Gasteiger partial charge in [-0.1, -0.05) is 89.5 Å². The molecule has 1 aliphatic rings. The molecule has 3 rings (SSSR count).